The Morgan fingerprint density at radius 2 is 1.70 bits per heavy atom. The van der Waals surface area contributed by atoms with E-state index in [1.807, 2.05) is 29.3 Å². The monoisotopic (exact) mass is 590 g/mol. The number of amides is 1. The number of piperidine rings is 1. The molecule has 3 saturated heterocycles. The summed E-state index contributed by atoms with van der Waals surface area (Å²) in [6.45, 7) is 2.84. The van der Waals surface area contributed by atoms with Gasteiger partial charge >= 0.3 is 0 Å². The molecule has 3 aromatic rings. The van der Waals surface area contributed by atoms with Gasteiger partial charge in [0.25, 0.3) is 5.91 Å². The molecular formula is C32H32F2N4O5. The van der Waals surface area contributed by atoms with Crippen LogP contribution in [0.3, 0.4) is 0 Å². The van der Waals surface area contributed by atoms with Crippen LogP contribution in [0.5, 0.6) is 5.75 Å². The summed E-state index contributed by atoms with van der Waals surface area (Å²) in [4.78, 5) is 30.5. The number of benzene rings is 2. The molecule has 5 aliphatic rings. The fourth-order valence-corrected chi connectivity index (χ4v) is 8.05. The molecule has 5 aliphatic heterocycles. The number of morpholine rings is 1. The molecule has 0 aliphatic carbocycles. The number of aromatic hydroxyl groups is 1. The molecule has 9 nitrogen and oxygen atoms in total. The van der Waals surface area contributed by atoms with Crippen molar-refractivity contribution in [3.05, 3.63) is 92.9 Å². The molecule has 1 spiro atoms. The first kappa shape index (κ1) is 26.7. The van der Waals surface area contributed by atoms with Gasteiger partial charge in [0.05, 0.1) is 19.3 Å². The van der Waals surface area contributed by atoms with Gasteiger partial charge < -0.3 is 24.4 Å². The lowest BCUT2D eigenvalue weighted by atomic mass is 9.71. The highest BCUT2D eigenvalue weighted by Gasteiger charge is 2.52. The van der Waals surface area contributed by atoms with Crippen LogP contribution in [0.2, 0.25) is 0 Å². The zero-order valence-electron chi connectivity index (χ0n) is 23.5. The summed E-state index contributed by atoms with van der Waals surface area (Å²) in [5.41, 5.74) is 1.64. The van der Waals surface area contributed by atoms with Crippen molar-refractivity contribution in [3.63, 3.8) is 0 Å². The summed E-state index contributed by atoms with van der Waals surface area (Å²) in [7, 11) is 0. The number of para-hydroxylation sites is 1. The van der Waals surface area contributed by atoms with Crippen LogP contribution in [0, 0.1) is 17.0 Å². The third kappa shape index (κ3) is 3.87. The summed E-state index contributed by atoms with van der Waals surface area (Å²) in [6, 6.07) is 10.6. The Kier molecular flexibility index (Phi) is 6.06. The van der Waals surface area contributed by atoms with Gasteiger partial charge in [0.1, 0.15) is 12.2 Å². The Hall–Kier alpha value is -3.96. The Labute approximate surface area is 246 Å². The molecule has 1 amide bonds. The van der Waals surface area contributed by atoms with Crippen LogP contribution in [-0.2, 0) is 9.47 Å². The van der Waals surface area contributed by atoms with E-state index in [1.165, 1.54) is 12.3 Å². The van der Waals surface area contributed by atoms with E-state index in [1.54, 1.807) is 15.6 Å². The number of aromatic nitrogens is 1. The van der Waals surface area contributed by atoms with Crippen molar-refractivity contribution in [1.29, 1.82) is 0 Å². The summed E-state index contributed by atoms with van der Waals surface area (Å²) in [5.74, 6) is -2.91. The highest BCUT2D eigenvalue weighted by atomic mass is 19.2. The lowest BCUT2D eigenvalue weighted by Gasteiger charge is -2.56. The van der Waals surface area contributed by atoms with Crippen molar-refractivity contribution in [2.24, 2.45) is 5.41 Å². The molecule has 0 radical (unpaired) electrons. The molecule has 43 heavy (non-hydrogen) atoms. The number of nitrogens with zero attached hydrogens (tertiary/aromatic N) is 4. The van der Waals surface area contributed by atoms with Gasteiger partial charge in [-0.1, -0.05) is 24.3 Å². The third-order valence-electron chi connectivity index (χ3n) is 10.2. The maximum Gasteiger partial charge on any atom is 0.278 e. The zero-order valence-corrected chi connectivity index (χ0v) is 23.5. The normalized spacial score (nSPS) is 25.8. The predicted octanol–water partition coefficient (Wildman–Crippen LogP) is 3.82. The first-order valence-electron chi connectivity index (χ1n) is 14.9. The molecule has 3 unspecified atom stereocenters. The lowest BCUT2D eigenvalue weighted by Crippen LogP contribution is -2.66. The van der Waals surface area contributed by atoms with Crippen molar-refractivity contribution < 1.29 is 28.2 Å². The molecule has 3 atom stereocenters. The fourth-order valence-electron chi connectivity index (χ4n) is 8.05. The maximum absolute atomic E-state index is 16.0. The minimum absolute atomic E-state index is 0.0665. The third-order valence-corrected chi connectivity index (χ3v) is 10.2. The molecular weight excluding hydrogens is 558 g/mol. The minimum Gasteiger partial charge on any atom is -0.502 e. The van der Waals surface area contributed by atoms with Gasteiger partial charge in [-0.15, -0.1) is 0 Å². The Bertz CT molecular complexity index is 1690. The number of anilines is 1. The Morgan fingerprint density at radius 3 is 2.53 bits per heavy atom. The van der Waals surface area contributed by atoms with Crippen LogP contribution in [0.1, 0.15) is 64.9 Å². The van der Waals surface area contributed by atoms with Gasteiger partial charge in [-0.2, -0.15) is 0 Å². The number of ether oxygens (including phenoxy) is 2. The van der Waals surface area contributed by atoms with E-state index in [0.717, 1.165) is 36.6 Å². The second-order valence-corrected chi connectivity index (χ2v) is 12.3. The standard InChI is InChI=1S/C32H32F2N4O5/c33-21-6-5-20-26(27(21)34)23-18-43-16-13-35(23)22-4-2-1-3-19(22)28(20)38-25-17-32(9-14-42-15-10-32)8-12-36(25)31(41)29-30(40)24(39)7-11-37(29)38/h1-7,11,23,25,28,40H,8-10,12-18H2. The van der Waals surface area contributed by atoms with Crippen molar-refractivity contribution in [2.45, 2.75) is 43.9 Å². The number of carbonyl (C=O) groups excluding carboxylic acids is 1. The van der Waals surface area contributed by atoms with Gasteiger partial charge in [-0.05, 0) is 48.8 Å². The van der Waals surface area contributed by atoms with E-state index < -0.39 is 47.0 Å². The molecule has 3 fully saturated rings. The van der Waals surface area contributed by atoms with Crippen LogP contribution >= 0.6 is 0 Å². The predicted molar refractivity (Wildman–Crippen MR) is 153 cm³/mol. The topological polar surface area (TPSA) is 87.5 Å². The van der Waals surface area contributed by atoms with Crippen molar-refractivity contribution in [3.8, 4) is 5.75 Å². The average Bonchev–Trinajstić information content (AvgIpc) is 3.14. The largest absolute Gasteiger partial charge is 0.502 e. The maximum atomic E-state index is 16.0. The van der Waals surface area contributed by atoms with Crippen molar-refractivity contribution in [2.75, 3.05) is 49.4 Å². The van der Waals surface area contributed by atoms with Crippen LogP contribution in [-0.4, -0.2) is 66.3 Å². The van der Waals surface area contributed by atoms with Crippen LogP contribution in [0.15, 0.2) is 53.5 Å². The molecule has 8 rings (SSSR count). The number of pyridine rings is 1. The fraction of sp³-hybridized carbons (Fsp3) is 0.438. The minimum atomic E-state index is -0.940. The molecule has 2 aromatic carbocycles. The Balaban J connectivity index is 1.42. The second kappa shape index (κ2) is 9.78. The molecule has 1 N–H and O–H groups in total. The average molecular weight is 591 g/mol. The van der Waals surface area contributed by atoms with Crippen LogP contribution < -0.4 is 15.3 Å². The summed E-state index contributed by atoms with van der Waals surface area (Å²) >= 11 is 0. The molecule has 6 heterocycles. The van der Waals surface area contributed by atoms with Crippen LogP contribution in [0.25, 0.3) is 0 Å². The summed E-state index contributed by atoms with van der Waals surface area (Å²) in [5, 5.41) is 13.0. The molecule has 1 aromatic heterocycles. The number of rotatable bonds is 1. The van der Waals surface area contributed by atoms with E-state index in [9.17, 15) is 14.7 Å². The van der Waals surface area contributed by atoms with E-state index >= 15 is 8.78 Å². The number of halogens is 2. The molecule has 0 saturated carbocycles. The smallest absolute Gasteiger partial charge is 0.278 e. The van der Waals surface area contributed by atoms with Gasteiger partial charge in [0, 0.05) is 55.4 Å². The number of hydrogen-bond acceptors (Lipinski definition) is 7. The Morgan fingerprint density at radius 1 is 0.884 bits per heavy atom. The quantitative estimate of drug-likeness (QED) is 0.461. The molecule has 224 valence electrons. The van der Waals surface area contributed by atoms with Gasteiger partial charge in [0.15, 0.2) is 23.1 Å². The van der Waals surface area contributed by atoms with Crippen LogP contribution in [0.4, 0.5) is 14.5 Å². The van der Waals surface area contributed by atoms with Gasteiger partial charge in [-0.25, -0.2) is 8.78 Å². The number of fused-ring (bicyclic) bond motifs is 7. The summed E-state index contributed by atoms with van der Waals surface area (Å²) in [6.07, 6.45) is 4.14. The second-order valence-electron chi connectivity index (χ2n) is 12.3. The van der Waals surface area contributed by atoms with Gasteiger partial charge in [0.2, 0.25) is 5.43 Å². The summed E-state index contributed by atoms with van der Waals surface area (Å²) < 4.78 is 44.2. The molecule has 11 heteroatoms. The van der Waals surface area contributed by atoms with Crippen molar-refractivity contribution >= 4 is 11.6 Å². The lowest BCUT2D eigenvalue weighted by molar-refractivity contribution is -0.0430. The van der Waals surface area contributed by atoms with E-state index in [2.05, 4.69) is 4.90 Å². The molecule has 0 bridgehead atoms. The van der Waals surface area contributed by atoms with E-state index in [0.29, 0.717) is 44.9 Å². The number of carbonyl (C=O) groups is 1. The number of hydrogen-bond donors (Lipinski definition) is 1. The van der Waals surface area contributed by atoms with E-state index in [4.69, 9.17) is 9.47 Å². The zero-order chi connectivity index (χ0) is 29.5. The van der Waals surface area contributed by atoms with Crippen molar-refractivity contribution in [1.82, 2.24) is 9.58 Å². The van der Waals surface area contributed by atoms with Gasteiger partial charge in [-0.3, -0.25) is 19.3 Å². The first-order valence-corrected chi connectivity index (χ1v) is 14.9. The van der Waals surface area contributed by atoms with E-state index in [-0.39, 0.29) is 23.3 Å². The first-order chi connectivity index (χ1) is 20.9. The highest BCUT2D eigenvalue weighted by Crippen LogP contribution is 2.51. The highest BCUT2D eigenvalue weighted by molar-refractivity contribution is 5.96. The SMILES string of the molecule is O=C1c2c(O)c(=O)ccn2N(C2c3ccccc3N3CCOCC3c3c2ccc(F)c3F)C2CC3(CCOCC3)CCN12.